The zero-order valence-corrected chi connectivity index (χ0v) is 7.92. The summed E-state index contributed by atoms with van der Waals surface area (Å²) in [6, 6.07) is 0. The third kappa shape index (κ3) is 3.38. The molecule has 1 atom stereocenters. The van der Waals surface area contributed by atoms with Gasteiger partial charge >= 0.3 is 0 Å². The van der Waals surface area contributed by atoms with E-state index in [4.69, 9.17) is 16.7 Å². The van der Waals surface area contributed by atoms with Crippen LogP contribution < -0.4 is 0 Å². The quantitative estimate of drug-likeness (QED) is 0.591. The van der Waals surface area contributed by atoms with Gasteiger partial charge in [0.15, 0.2) is 0 Å². The van der Waals surface area contributed by atoms with E-state index < -0.39 is 6.10 Å². The maximum Gasteiger partial charge on any atom is 0.114 e. The van der Waals surface area contributed by atoms with Crippen LogP contribution in [0.4, 0.5) is 0 Å². The van der Waals surface area contributed by atoms with E-state index in [9.17, 15) is 0 Å². The van der Waals surface area contributed by atoms with Crippen molar-refractivity contribution in [1.82, 2.24) is 9.97 Å². The molecule has 12 heavy (non-hydrogen) atoms. The van der Waals surface area contributed by atoms with Crippen LogP contribution in [-0.2, 0) is 0 Å². The number of alkyl halides is 1. The molecule has 0 aliphatic heterocycles. The maximum atomic E-state index is 9.12. The third-order valence-corrected chi connectivity index (χ3v) is 2.56. The van der Waals surface area contributed by atoms with Crippen LogP contribution in [0.3, 0.4) is 0 Å². The minimum atomic E-state index is -0.473. The van der Waals surface area contributed by atoms with Crippen molar-refractivity contribution in [2.24, 2.45) is 0 Å². The number of halogens is 1. The predicted molar refractivity (Wildman–Crippen MR) is 49.5 cm³/mol. The molecule has 1 aromatic heterocycles. The fourth-order valence-corrected chi connectivity index (χ4v) is 1.58. The Hall–Kier alpha value is -0.320. The Bertz CT molecular complexity index is 222. The van der Waals surface area contributed by atoms with E-state index in [2.05, 4.69) is 9.97 Å². The SMILES string of the molecule is OC(CCl)CSc1cnccn1. The molecule has 5 heteroatoms. The van der Waals surface area contributed by atoms with E-state index in [1.807, 2.05) is 0 Å². The number of rotatable bonds is 4. The summed E-state index contributed by atoms with van der Waals surface area (Å²) in [4.78, 5) is 7.92. The lowest BCUT2D eigenvalue weighted by Crippen LogP contribution is -2.11. The summed E-state index contributed by atoms with van der Waals surface area (Å²) in [6.07, 6.45) is 4.42. The molecule has 0 spiro atoms. The van der Waals surface area contributed by atoms with Gasteiger partial charge in [-0.05, 0) is 0 Å². The van der Waals surface area contributed by atoms with Gasteiger partial charge in [-0.15, -0.1) is 23.4 Å². The van der Waals surface area contributed by atoms with Gasteiger partial charge in [-0.25, -0.2) is 4.98 Å². The fourth-order valence-electron chi connectivity index (χ4n) is 0.586. The molecule has 0 saturated carbocycles. The largest absolute Gasteiger partial charge is 0.391 e. The summed E-state index contributed by atoms with van der Waals surface area (Å²) >= 11 is 6.86. The van der Waals surface area contributed by atoms with Crippen molar-refractivity contribution in [1.29, 1.82) is 0 Å². The highest BCUT2D eigenvalue weighted by molar-refractivity contribution is 7.99. The van der Waals surface area contributed by atoms with Gasteiger partial charge in [0.25, 0.3) is 0 Å². The first-order valence-corrected chi connectivity index (χ1v) is 4.98. The molecule has 66 valence electrons. The van der Waals surface area contributed by atoms with E-state index >= 15 is 0 Å². The maximum absolute atomic E-state index is 9.12. The first kappa shape index (κ1) is 9.77. The minimum Gasteiger partial charge on any atom is -0.391 e. The van der Waals surface area contributed by atoms with Crippen molar-refractivity contribution in [2.45, 2.75) is 11.1 Å². The second kappa shape index (κ2) is 5.35. The summed E-state index contributed by atoms with van der Waals surface area (Å²) in [5.74, 6) is 0.815. The monoisotopic (exact) mass is 204 g/mol. The molecule has 1 rings (SSSR count). The van der Waals surface area contributed by atoms with Gasteiger partial charge in [-0.2, -0.15) is 0 Å². The van der Waals surface area contributed by atoms with E-state index in [1.165, 1.54) is 11.8 Å². The highest BCUT2D eigenvalue weighted by Gasteiger charge is 2.02. The van der Waals surface area contributed by atoms with Crippen LogP contribution in [0.2, 0.25) is 0 Å². The topological polar surface area (TPSA) is 46.0 Å². The molecule has 1 unspecified atom stereocenters. The number of aromatic nitrogens is 2. The lowest BCUT2D eigenvalue weighted by Gasteiger charge is -2.03. The van der Waals surface area contributed by atoms with Crippen molar-refractivity contribution in [3.05, 3.63) is 18.6 Å². The molecule has 0 amide bonds. The summed E-state index contributed by atoms with van der Waals surface area (Å²) < 4.78 is 0. The van der Waals surface area contributed by atoms with Gasteiger partial charge in [0.1, 0.15) is 5.03 Å². The van der Waals surface area contributed by atoms with Crippen LogP contribution in [-0.4, -0.2) is 32.8 Å². The van der Waals surface area contributed by atoms with Gasteiger partial charge in [0.2, 0.25) is 0 Å². The molecular formula is C7H9ClN2OS. The normalized spacial score (nSPS) is 12.8. The first-order valence-electron chi connectivity index (χ1n) is 3.45. The molecule has 1 aromatic rings. The first-order chi connectivity index (χ1) is 5.83. The summed E-state index contributed by atoms with van der Waals surface area (Å²) in [5.41, 5.74) is 0. The van der Waals surface area contributed by atoms with Gasteiger partial charge < -0.3 is 5.11 Å². The number of hydrogen-bond donors (Lipinski definition) is 1. The Labute approximate surface area is 80.2 Å². The summed E-state index contributed by atoms with van der Waals surface area (Å²) in [5, 5.41) is 9.93. The zero-order valence-electron chi connectivity index (χ0n) is 6.35. The molecular weight excluding hydrogens is 196 g/mol. The van der Waals surface area contributed by atoms with Crippen LogP contribution in [0.15, 0.2) is 23.6 Å². The van der Waals surface area contributed by atoms with Crippen LogP contribution >= 0.6 is 23.4 Å². The van der Waals surface area contributed by atoms with E-state index in [-0.39, 0.29) is 5.88 Å². The van der Waals surface area contributed by atoms with Crippen LogP contribution in [0.25, 0.3) is 0 Å². The number of hydrogen-bond acceptors (Lipinski definition) is 4. The van der Waals surface area contributed by atoms with Crippen molar-refractivity contribution < 1.29 is 5.11 Å². The van der Waals surface area contributed by atoms with Gasteiger partial charge in [-0.3, -0.25) is 4.98 Å². The molecule has 0 aliphatic rings. The zero-order chi connectivity index (χ0) is 8.81. The Morgan fingerprint density at radius 2 is 2.42 bits per heavy atom. The highest BCUT2D eigenvalue weighted by atomic mass is 35.5. The number of aliphatic hydroxyl groups is 1. The average molecular weight is 205 g/mol. The molecule has 0 fully saturated rings. The third-order valence-electron chi connectivity index (χ3n) is 1.14. The molecule has 1 heterocycles. The Morgan fingerprint density at radius 1 is 1.58 bits per heavy atom. The van der Waals surface area contributed by atoms with E-state index in [1.54, 1.807) is 18.6 Å². The number of thioether (sulfide) groups is 1. The smallest absolute Gasteiger partial charge is 0.114 e. The molecule has 0 saturated heterocycles. The second-order valence-corrected chi connectivity index (χ2v) is 3.51. The van der Waals surface area contributed by atoms with Gasteiger partial charge in [0, 0.05) is 24.0 Å². The van der Waals surface area contributed by atoms with Crippen molar-refractivity contribution in [2.75, 3.05) is 11.6 Å². The number of aliphatic hydroxyl groups excluding tert-OH is 1. The van der Waals surface area contributed by atoms with Gasteiger partial charge in [0.05, 0.1) is 12.3 Å². The van der Waals surface area contributed by atoms with E-state index in [0.717, 1.165) is 5.03 Å². The van der Waals surface area contributed by atoms with Crippen LogP contribution in [0.1, 0.15) is 0 Å². The van der Waals surface area contributed by atoms with Crippen LogP contribution in [0, 0.1) is 0 Å². The van der Waals surface area contributed by atoms with Crippen molar-refractivity contribution in [3.8, 4) is 0 Å². The summed E-state index contributed by atoms with van der Waals surface area (Å²) in [7, 11) is 0. The summed E-state index contributed by atoms with van der Waals surface area (Å²) in [6.45, 7) is 0. The Morgan fingerprint density at radius 3 is 3.00 bits per heavy atom. The van der Waals surface area contributed by atoms with Crippen molar-refractivity contribution in [3.63, 3.8) is 0 Å². The lowest BCUT2D eigenvalue weighted by molar-refractivity contribution is 0.223. The van der Waals surface area contributed by atoms with Crippen molar-refractivity contribution >= 4 is 23.4 Å². The van der Waals surface area contributed by atoms with Crippen LogP contribution in [0.5, 0.6) is 0 Å². The Balaban J connectivity index is 2.33. The molecule has 1 N–H and O–H groups in total. The Kier molecular flexibility index (Phi) is 4.35. The highest BCUT2D eigenvalue weighted by Crippen LogP contribution is 2.14. The second-order valence-electron chi connectivity index (χ2n) is 2.16. The average Bonchev–Trinajstić information content (AvgIpc) is 2.16. The molecule has 0 bridgehead atoms. The standard InChI is InChI=1S/C7H9ClN2OS/c8-3-6(11)5-12-7-4-9-1-2-10-7/h1-2,4,6,11H,3,5H2. The molecule has 0 radical (unpaired) electrons. The van der Waals surface area contributed by atoms with E-state index in [0.29, 0.717) is 5.75 Å². The molecule has 3 nitrogen and oxygen atoms in total. The lowest BCUT2D eigenvalue weighted by atomic mass is 10.5. The minimum absolute atomic E-state index is 0.257. The molecule has 0 aliphatic carbocycles. The van der Waals surface area contributed by atoms with Gasteiger partial charge in [-0.1, -0.05) is 0 Å². The number of nitrogens with zero attached hydrogens (tertiary/aromatic N) is 2. The molecule has 0 aromatic carbocycles. The fraction of sp³-hybridized carbons (Fsp3) is 0.429. The predicted octanol–water partition coefficient (Wildman–Crippen LogP) is 1.17.